The molecule has 0 spiro atoms. The quantitative estimate of drug-likeness (QED) is 0.0997. The highest BCUT2D eigenvalue weighted by Gasteiger charge is 2.22. The molecule has 0 fully saturated rings. The van der Waals surface area contributed by atoms with Crippen molar-refractivity contribution < 1.29 is 20.1 Å². The van der Waals surface area contributed by atoms with Gasteiger partial charge in [-0.3, -0.25) is 4.79 Å². The first-order valence-corrected chi connectivity index (χ1v) is 14.0. The number of carbonyl (C=O) groups excluding carboxylic acids is 1. The molecule has 3 unspecified atom stereocenters. The predicted molar refractivity (Wildman–Crippen MR) is 148 cm³/mol. The lowest BCUT2D eigenvalue weighted by atomic mass is 10.1. The van der Waals surface area contributed by atoms with Gasteiger partial charge in [0.2, 0.25) is 5.91 Å². The van der Waals surface area contributed by atoms with Crippen molar-refractivity contribution in [3.63, 3.8) is 0 Å². The lowest BCUT2D eigenvalue weighted by Crippen LogP contribution is -2.48. The second-order valence-corrected chi connectivity index (χ2v) is 9.22. The number of rotatable bonds is 23. The summed E-state index contributed by atoms with van der Waals surface area (Å²) in [6.45, 7) is 4.00. The Morgan fingerprint density at radius 1 is 0.686 bits per heavy atom. The highest BCUT2D eigenvalue weighted by Crippen LogP contribution is 2.08. The Balaban J connectivity index is 4.02. The molecule has 4 N–H and O–H groups in total. The molecule has 0 saturated carbocycles. The van der Waals surface area contributed by atoms with Gasteiger partial charge in [0.15, 0.2) is 0 Å². The van der Waals surface area contributed by atoms with Gasteiger partial charge in [0.25, 0.3) is 0 Å². The number of allylic oxidation sites excluding steroid dienone is 7. The molecule has 0 rings (SSSR count). The van der Waals surface area contributed by atoms with Gasteiger partial charge in [-0.2, -0.15) is 0 Å². The van der Waals surface area contributed by atoms with E-state index >= 15 is 0 Å². The maximum absolute atomic E-state index is 12.2. The Morgan fingerprint density at radius 3 is 1.69 bits per heavy atom. The van der Waals surface area contributed by atoms with Crippen LogP contribution in [0.2, 0.25) is 0 Å². The number of aliphatic hydroxyl groups is 3. The van der Waals surface area contributed by atoms with E-state index in [0.29, 0.717) is 6.42 Å². The molecule has 0 bridgehead atoms. The Bertz CT molecular complexity index is 597. The first kappa shape index (κ1) is 33.3. The van der Waals surface area contributed by atoms with Gasteiger partial charge in [0.05, 0.1) is 18.8 Å². The van der Waals surface area contributed by atoms with Crippen LogP contribution in [0, 0.1) is 0 Å². The molecule has 1 amide bonds. The molecule has 5 nitrogen and oxygen atoms in total. The first-order chi connectivity index (χ1) is 17.1. The van der Waals surface area contributed by atoms with Gasteiger partial charge in [-0.05, 0) is 57.8 Å². The Kier molecular flexibility index (Phi) is 24.2. The lowest BCUT2D eigenvalue weighted by Gasteiger charge is -2.21. The molecule has 5 heteroatoms. The van der Waals surface area contributed by atoms with Gasteiger partial charge in [0, 0.05) is 0 Å². The minimum Gasteiger partial charge on any atom is -0.394 e. The van der Waals surface area contributed by atoms with Crippen LogP contribution in [-0.4, -0.2) is 46.1 Å². The van der Waals surface area contributed by atoms with Crippen molar-refractivity contribution in [1.82, 2.24) is 5.32 Å². The Labute approximate surface area is 215 Å². The number of hydrogen-bond acceptors (Lipinski definition) is 4. The van der Waals surface area contributed by atoms with E-state index in [1.54, 1.807) is 6.08 Å². The molecule has 0 aliphatic rings. The largest absolute Gasteiger partial charge is 0.394 e. The van der Waals surface area contributed by atoms with E-state index in [2.05, 4.69) is 55.6 Å². The summed E-state index contributed by atoms with van der Waals surface area (Å²) in [7, 11) is 0. The normalized spacial score (nSPS) is 15.0. The van der Waals surface area contributed by atoms with Crippen molar-refractivity contribution in [1.29, 1.82) is 0 Å². The first-order valence-electron chi connectivity index (χ1n) is 14.0. The minimum absolute atomic E-state index is 0.385. The zero-order valence-electron chi connectivity index (χ0n) is 22.4. The zero-order chi connectivity index (χ0) is 26.0. The summed E-state index contributed by atoms with van der Waals surface area (Å²) in [5.41, 5.74) is 0. The van der Waals surface area contributed by atoms with Crippen LogP contribution in [0.3, 0.4) is 0 Å². The fourth-order valence-electron chi connectivity index (χ4n) is 3.53. The molecular formula is C30H53NO4. The molecule has 0 aromatic heterocycles. The van der Waals surface area contributed by atoms with Gasteiger partial charge in [-0.15, -0.1) is 0 Å². The van der Waals surface area contributed by atoms with Crippen LogP contribution < -0.4 is 5.32 Å². The van der Waals surface area contributed by atoms with Crippen LogP contribution in [0.25, 0.3) is 0 Å². The van der Waals surface area contributed by atoms with Crippen LogP contribution in [0.5, 0.6) is 0 Å². The summed E-state index contributed by atoms with van der Waals surface area (Å²) in [5, 5.41) is 32.5. The van der Waals surface area contributed by atoms with Crippen LogP contribution >= 0.6 is 0 Å². The van der Waals surface area contributed by atoms with E-state index in [0.717, 1.165) is 57.8 Å². The standard InChI is InChI=1S/C30H53NO4/c1-3-5-7-9-11-13-14-15-17-18-20-22-24-28(33)27(26-32)31-30(35)29(34)25-23-21-19-16-12-10-8-6-4-2/h9-12,15,17,22,24,27-29,32-34H,3-8,13-14,16,18-21,23,25-26H2,1-2H3,(H,31,35)/b11-9+,12-10-,17-15+,24-22+. The highest BCUT2D eigenvalue weighted by atomic mass is 16.3. The summed E-state index contributed by atoms with van der Waals surface area (Å²) >= 11 is 0. The summed E-state index contributed by atoms with van der Waals surface area (Å²) in [6.07, 6.45) is 29.8. The topological polar surface area (TPSA) is 89.8 Å². The number of amides is 1. The zero-order valence-corrected chi connectivity index (χ0v) is 22.4. The fourth-order valence-corrected chi connectivity index (χ4v) is 3.53. The van der Waals surface area contributed by atoms with E-state index in [1.165, 1.54) is 32.1 Å². The number of carbonyl (C=O) groups is 1. The fraction of sp³-hybridized carbons (Fsp3) is 0.700. The van der Waals surface area contributed by atoms with Crippen molar-refractivity contribution in [2.75, 3.05) is 6.61 Å². The van der Waals surface area contributed by atoms with Gasteiger partial charge in [-0.25, -0.2) is 0 Å². The monoisotopic (exact) mass is 491 g/mol. The Morgan fingerprint density at radius 2 is 1.17 bits per heavy atom. The molecule has 202 valence electrons. The second-order valence-electron chi connectivity index (χ2n) is 9.22. The maximum atomic E-state index is 12.2. The van der Waals surface area contributed by atoms with Crippen molar-refractivity contribution in [2.24, 2.45) is 0 Å². The molecular weight excluding hydrogens is 438 g/mol. The Hall–Kier alpha value is -1.69. The summed E-state index contributed by atoms with van der Waals surface area (Å²) in [6, 6.07) is -0.823. The van der Waals surface area contributed by atoms with Gasteiger partial charge in [-0.1, -0.05) is 101 Å². The number of unbranched alkanes of at least 4 members (excludes halogenated alkanes) is 9. The van der Waals surface area contributed by atoms with Crippen LogP contribution in [0.4, 0.5) is 0 Å². The summed E-state index contributed by atoms with van der Waals surface area (Å²) < 4.78 is 0. The smallest absolute Gasteiger partial charge is 0.249 e. The third kappa shape index (κ3) is 21.3. The molecule has 3 atom stereocenters. The third-order valence-electron chi connectivity index (χ3n) is 5.87. The molecule has 0 radical (unpaired) electrons. The summed E-state index contributed by atoms with van der Waals surface area (Å²) in [5.74, 6) is -0.539. The predicted octanol–water partition coefficient (Wildman–Crippen LogP) is 6.30. The molecule has 0 saturated heterocycles. The van der Waals surface area contributed by atoms with Crippen LogP contribution in [0.15, 0.2) is 48.6 Å². The third-order valence-corrected chi connectivity index (χ3v) is 5.87. The van der Waals surface area contributed by atoms with Gasteiger partial charge >= 0.3 is 0 Å². The molecule has 0 aromatic rings. The minimum atomic E-state index is -1.12. The van der Waals surface area contributed by atoms with E-state index < -0.39 is 24.2 Å². The van der Waals surface area contributed by atoms with Crippen LogP contribution in [-0.2, 0) is 4.79 Å². The SMILES string of the molecule is CCCC/C=C\CCCCCC(O)C(=O)NC(CO)C(O)/C=C/CC/C=C/CC/C=C/CCCC. The van der Waals surface area contributed by atoms with E-state index in [9.17, 15) is 20.1 Å². The van der Waals surface area contributed by atoms with Crippen molar-refractivity contribution >= 4 is 5.91 Å². The van der Waals surface area contributed by atoms with Crippen molar-refractivity contribution in [2.45, 2.75) is 128 Å². The van der Waals surface area contributed by atoms with E-state index in [-0.39, 0.29) is 6.61 Å². The van der Waals surface area contributed by atoms with Crippen molar-refractivity contribution in [3.8, 4) is 0 Å². The molecule has 0 aromatic carbocycles. The highest BCUT2D eigenvalue weighted by molar-refractivity contribution is 5.80. The summed E-state index contributed by atoms with van der Waals surface area (Å²) in [4.78, 5) is 12.2. The average Bonchev–Trinajstić information content (AvgIpc) is 2.86. The molecule has 0 aliphatic carbocycles. The number of aliphatic hydroxyl groups excluding tert-OH is 3. The van der Waals surface area contributed by atoms with Gasteiger partial charge in [0.1, 0.15) is 6.10 Å². The lowest BCUT2D eigenvalue weighted by molar-refractivity contribution is -0.131. The van der Waals surface area contributed by atoms with E-state index in [4.69, 9.17) is 0 Å². The van der Waals surface area contributed by atoms with Crippen LogP contribution in [0.1, 0.15) is 110 Å². The molecule has 35 heavy (non-hydrogen) atoms. The average molecular weight is 492 g/mol. The number of hydrogen-bond donors (Lipinski definition) is 4. The molecule has 0 heterocycles. The van der Waals surface area contributed by atoms with Crippen molar-refractivity contribution in [3.05, 3.63) is 48.6 Å². The maximum Gasteiger partial charge on any atom is 0.249 e. The van der Waals surface area contributed by atoms with Gasteiger partial charge < -0.3 is 20.6 Å². The molecule has 0 aliphatic heterocycles. The second kappa shape index (κ2) is 25.4. The van der Waals surface area contributed by atoms with E-state index in [1.807, 2.05) is 6.08 Å². The number of nitrogens with one attached hydrogen (secondary N) is 1.